The van der Waals surface area contributed by atoms with Gasteiger partial charge in [-0.15, -0.1) is 0 Å². The second-order valence-electron chi connectivity index (χ2n) is 21.1. The zero-order chi connectivity index (χ0) is 53.6. The van der Waals surface area contributed by atoms with Crippen LogP contribution in [0.15, 0.2) is 303 Å². The number of benzene rings is 12. The molecule has 2 aliphatic heterocycles. The molecule has 0 spiro atoms. The fraction of sp³-hybridized carbons (Fsp3) is 0. The van der Waals surface area contributed by atoms with Gasteiger partial charge in [0.1, 0.15) is 0 Å². The number of fused-ring (bicyclic) bond motifs is 4. The van der Waals surface area contributed by atoms with Crippen LogP contribution in [0.3, 0.4) is 0 Å². The topological polar surface area (TPSA) is 41.9 Å². The summed E-state index contributed by atoms with van der Waals surface area (Å²) in [7, 11) is 0. The lowest BCUT2D eigenvalue weighted by atomic mass is 9.20. The Labute approximate surface area is 473 Å². The van der Waals surface area contributed by atoms with Gasteiger partial charge in [-0.05, 0) is 96.9 Å². The molecule has 0 fully saturated rings. The Morgan fingerprint density at radius 3 is 1.15 bits per heavy atom. The molecule has 1 aromatic heterocycles. The van der Waals surface area contributed by atoms with Crippen molar-refractivity contribution in [2.75, 3.05) is 4.90 Å². The van der Waals surface area contributed by atoms with Crippen LogP contribution in [0.1, 0.15) is 0 Å². The van der Waals surface area contributed by atoms with Crippen LogP contribution < -0.4 is 37.7 Å². The summed E-state index contributed by atoms with van der Waals surface area (Å²) < 4.78 is 0. The molecule has 376 valence electrons. The molecule has 6 heteroatoms. The summed E-state index contributed by atoms with van der Waals surface area (Å²) in [6.45, 7) is -0.284. The van der Waals surface area contributed by atoms with Gasteiger partial charge in [-0.1, -0.05) is 295 Å². The molecule has 15 rings (SSSR count). The van der Waals surface area contributed by atoms with Crippen molar-refractivity contribution in [1.82, 2.24) is 15.0 Å². The minimum atomic E-state index is -0.154. The molecular weight excluding hydrogens is 978 g/mol. The first-order chi connectivity index (χ1) is 40.1. The second-order valence-corrected chi connectivity index (χ2v) is 21.1. The van der Waals surface area contributed by atoms with Crippen LogP contribution in [0, 0.1) is 0 Å². The highest BCUT2D eigenvalue weighted by molar-refractivity contribution is 7.12. The van der Waals surface area contributed by atoms with Gasteiger partial charge >= 0.3 is 0 Å². The number of rotatable bonds is 10. The Morgan fingerprint density at radius 1 is 0.222 bits per heavy atom. The Hall–Kier alpha value is -10.4. The third-order valence-electron chi connectivity index (χ3n) is 16.3. The van der Waals surface area contributed by atoms with Crippen molar-refractivity contribution >= 4 is 63.3 Å². The van der Waals surface area contributed by atoms with E-state index in [2.05, 4.69) is 290 Å². The average Bonchev–Trinajstić information content (AvgIpc) is 3.22. The maximum absolute atomic E-state index is 5.52. The summed E-state index contributed by atoms with van der Waals surface area (Å²) in [6.07, 6.45) is 0. The van der Waals surface area contributed by atoms with Crippen LogP contribution in [0.5, 0.6) is 0 Å². The lowest BCUT2D eigenvalue weighted by Crippen LogP contribution is -2.76. The number of hydrogen-bond donors (Lipinski definition) is 0. The van der Waals surface area contributed by atoms with Gasteiger partial charge in [0.2, 0.25) is 13.4 Å². The van der Waals surface area contributed by atoms with Crippen molar-refractivity contribution < 1.29 is 0 Å². The van der Waals surface area contributed by atoms with Gasteiger partial charge in [-0.25, -0.2) is 15.0 Å². The van der Waals surface area contributed by atoms with Crippen LogP contribution in [0.25, 0.3) is 89.8 Å². The predicted molar refractivity (Wildman–Crippen MR) is 340 cm³/mol. The normalized spacial score (nSPS) is 12.1. The molecular formula is C75H50B2N4. The molecule has 0 amide bonds. The molecule has 3 heterocycles. The van der Waals surface area contributed by atoms with Crippen LogP contribution in [0.2, 0.25) is 0 Å². The van der Waals surface area contributed by atoms with Crippen LogP contribution in [-0.4, -0.2) is 28.4 Å². The highest BCUT2D eigenvalue weighted by atomic mass is 15.2. The van der Waals surface area contributed by atoms with Crippen molar-refractivity contribution in [3.63, 3.8) is 0 Å². The van der Waals surface area contributed by atoms with E-state index in [4.69, 9.17) is 15.0 Å². The monoisotopic (exact) mass is 1030 g/mol. The third kappa shape index (κ3) is 8.84. The molecule has 2 aliphatic rings. The van der Waals surface area contributed by atoms with E-state index in [0.29, 0.717) is 17.5 Å². The summed E-state index contributed by atoms with van der Waals surface area (Å²) in [6, 6.07) is 110. The van der Waals surface area contributed by atoms with Crippen molar-refractivity contribution in [3.05, 3.63) is 303 Å². The van der Waals surface area contributed by atoms with Gasteiger partial charge < -0.3 is 4.90 Å². The maximum atomic E-state index is 5.52. The van der Waals surface area contributed by atoms with Crippen molar-refractivity contribution in [1.29, 1.82) is 0 Å². The highest BCUT2D eigenvalue weighted by Gasteiger charge is 2.46. The molecule has 0 radical (unpaired) electrons. The number of hydrogen-bond acceptors (Lipinski definition) is 4. The summed E-state index contributed by atoms with van der Waals surface area (Å²) in [4.78, 5) is 18.8. The Bertz CT molecular complexity index is 4230. The molecule has 0 N–H and O–H groups in total. The van der Waals surface area contributed by atoms with E-state index in [-0.39, 0.29) is 13.4 Å². The fourth-order valence-electron chi connectivity index (χ4n) is 12.4. The van der Waals surface area contributed by atoms with Gasteiger partial charge in [0.05, 0.1) is 0 Å². The standard InChI is InChI=1S/C75H50B2N4/c1-7-20-51(21-8-1)56-34-40-64(41-35-56)76-66-44-38-60(54-26-13-4-14-27-54)47-67(66)77-68-48-61(55-28-15-5-16-29-55)39-45-70(68)81(65-42-36-57(37-43-65)52-22-9-2-10-23-52)71-50-63(49-69(76)72(71)77)75-79-73(58-30-17-6-18-31-58)78-74(80-75)62-33-19-32-59(46-62)53-24-11-3-12-25-53/h1-50H. The van der Waals surface area contributed by atoms with Gasteiger partial charge in [0.15, 0.2) is 17.5 Å². The molecule has 0 atom stereocenters. The summed E-state index contributed by atoms with van der Waals surface area (Å²) in [5, 5.41) is 0. The van der Waals surface area contributed by atoms with Gasteiger partial charge in [0.25, 0.3) is 0 Å². The molecule has 0 bridgehead atoms. The van der Waals surface area contributed by atoms with Crippen molar-refractivity contribution in [3.8, 4) is 89.8 Å². The number of nitrogens with zero attached hydrogens (tertiary/aromatic N) is 4. The molecule has 0 saturated carbocycles. The first-order valence-electron chi connectivity index (χ1n) is 27.8. The number of aromatic nitrogens is 3. The molecule has 0 aliphatic carbocycles. The Kier molecular flexibility index (Phi) is 12.0. The Balaban J connectivity index is 1.02. The molecule has 13 aromatic rings. The molecule has 4 nitrogen and oxygen atoms in total. The summed E-state index contributed by atoms with van der Waals surface area (Å²) in [5.41, 5.74) is 25.2. The molecule has 12 aromatic carbocycles. The fourth-order valence-corrected chi connectivity index (χ4v) is 12.4. The first-order valence-corrected chi connectivity index (χ1v) is 27.8. The minimum Gasteiger partial charge on any atom is -0.312 e. The lowest BCUT2D eigenvalue weighted by molar-refractivity contribution is 1.07. The quantitative estimate of drug-likeness (QED) is 0.128. The van der Waals surface area contributed by atoms with Crippen LogP contribution >= 0.6 is 0 Å². The van der Waals surface area contributed by atoms with Crippen LogP contribution in [0.4, 0.5) is 17.1 Å². The largest absolute Gasteiger partial charge is 0.312 e. The second kappa shape index (κ2) is 20.4. The van der Waals surface area contributed by atoms with Gasteiger partial charge in [-0.3, -0.25) is 0 Å². The summed E-state index contributed by atoms with van der Waals surface area (Å²) >= 11 is 0. The van der Waals surface area contributed by atoms with E-state index in [1.165, 1.54) is 71.7 Å². The van der Waals surface area contributed by atoms with E-state index in [1.807, 2.05) is 18.2 Å². The summed E-state index contributed by atoms with van der Waals surface area (Å²) in [5.74, 6) is 1.83. The molecule has 0 saturated heterocycles. The SMILES string of the molecule is c1ccc(-c2ccc(B3c4ccc(-c5ccccc5)cc4B4c5cc(-c6ccccc6)ccc5N(c5ccc(-c6ccccc6)cc5)c5cc(-c6nc(-c7ccccc7)nc(-c7cccc(-c8ccccc8)c7)n6)cc3c54)cc2)cc1. The van der Waals surface area contributed by atoms with Gasteiger partial charge in [0, 0.05) is 33.8 Å². The molecule has 0 unspecified atom stereocenters. The van der Waals surface area contributed by atoms with Crippen LogP contribution in [-0.2, 0) is 0 Å². The first kappa shape index (κ1) is 47.8. The van der Waals surface area contributed by atoms with E-state index in [1.54, 1.807) is 0 Å². The number of anilines is 3. The van der Waals surface area contributed by atoms with E-state index < -0.39 is 0 Å². The highest BCUT2D eigenvalue weighted by Crippen LogP contribution is 2.41. The predicted octanol–water partition coefficient (Wildman–Crippen LogP) is 14.3. The smallest absolute Gasteiger partial charge is 0.245 e. The lowest BCUT2D eigenvalue weighted by Gasteiger charge is -2.43. The van der Waals surface area contributed by atoms with E-state index in [9.17, 15) is 0 Å². The maximum Gasteiger partial charge on any atom is 0.245 e. The van der Waals surface area contributed by atoms with E-state index >= 15 is 0 Å². The Morgan fingerprint density at radius 2 is 0.605 bits per heavy atom. The average molecular weight is 1030 g/mol. The van der Waals surface area contributed by atoms with Gasteiger partial charge in [-0.2, -0.15) is 0 Å². The van der Waals surface area contributed by atoms with Crippen molar-refractivity contribution in [2.45, 2.75) is 0 Å². The zero-order valence-electron chi connectivity index (χ0n) is 44.3. The van der Waals surface area contributed by atoms with E-state index in [0.717, 1.165) is 50.4 Å². The minimum absolute atomic E-state index is 0.129. The van der Waals surface area contributed by atoms with Crippen molar-refractivity contribution in [2.24, 2.45) is 0 Å². The zero-order valence-corrected chi connectivity index (χ0v) is 44.3. The molecule has 81 heavy (non-hydrogen) atoms. The third-order valence-corrected chi connectivity index (χ3v) is 16.3.